The fraction of sp³-hybridized carbons (Fsp3) is 0.556. The van der Waals surface area contributed by atoms with E-state index in [1.807, 2.05) is 0 Å². The smallest absolute Gasteiger partial charge is 0.0405 e. The summed E-state index contributed by atoms with van der Waals surface area (Å²) < 4.78 is 1.24. The zero-order chi connectivity index (χ0) is 8.55. The molecule has 66 valence electrons. The summed E-state index contributed by atoms with van der Waals surface area (Å²) >= 11 is 11.5. The number of alkyl halides is 1. The molecule has 1 aromatic heterocycles. The van der Waals surface area contributed by atoms with Gasteiger partial charge in [0.15, 0.2) is 0 Å². The van der Waals surface area contributed by atoms with Gasteiger partial charge >= 0.3 is 0 Å². The van der Waals surface area contributed by atoms with Gasteiger partial charge in [-0.1, -0.05) is 6.42 Å². The Hall–Kier alpha value is 0.470. The molecule has 2 rings (SSSR count). The molecule has 12 heavy (non-hydrogen) atoms. The van der Waals surface area contributed by atoms with Crippen LogP contribution >= 0.6 is 38.9 Å². The van der Waals surface area contributed by atoms with E-state index in [1.54, 1.807) is 11.3 Å². The molecule has 0 nitrogen and oxygen atoms in total. The van der Waals surface area contributed by atoms with Crippen molar-refractivity contribution in [1.82, 2.24) is 0 Å². The molecule has 0 bridgehead atoms. The first-order valence-corrected chi connectivity index (χ1v) is 6.32. The average molecular weight is 266 g/mol. The molecular weight excluding hydrogens is 256 g/mol. The van der Waals surface area contributed by atoms with Gasteiger partial charge < -0.3 is 0 Å². The van der Waals surface area contributed by atoms with Crippen molar-refractivity contribution in [3.8, 4) is 0 Å². The number of hydrogen-bond acceptors (Lipinski definition) is 1. The quantitative estimate of drug-likeness (QED) is 0.661. The second-order valence-corrected chi connectivity index (χ2v) is 5.39. The summed E-state index contributed by atoms with van der Waals surface area (Å²) in [5, 5.41) is 4.71. The molecule has 1 heterocycles. The van der Waals surface area contributed by atoms with E-state index in [0.29, 0.717) is 11.3 Å². The number of halogens is 2. The van der Waals surface area contributed by atoms with Crippen LogP contribution in [0.25, 0.3) is 0 Å². The zero-order valence-corrected chi connectivity index (χ0v) is 9.75. The van der Waals surface area contributed by atoms with Crippen molar-refractivity contribution in [1.29, 1.82) is 0 Å². The minimum Gasteiger partial charge on any atom is -0.151 e. The molecule has 0 aromatic carbocycles. The highest BCUT2D eigenvalue weighted by molar-refractivity contribution is 9.10. The zero-order valence-electron chi connectivity index (χ0n) is 6.59. The van der Waals surface area contributed by atoms with E-state index >= 15 is 0 Å². The summed E-state index contributed by atoms with van der Waals surface area (Å²) in [6.07, 6.45) is 3.71. The van der Waals surface area contributed by atoms with Gasteiger partial charge in [-0.25, -0.2) is 0 Å². The van der Waals surface area contributed by atoms with Gasteiger partial charge in [-0.3, -0.25) is 0 Å². The van der Waals surface area contributed by atoms with Crippen LogP contribution in [0.4, 0.5) is 0 Å². The molecule has 0 N–H and O–H groups in total. The Morgan fingerprint density at radius 3 is 2.75 bits per heavy atom. The summed E-state index contributed by atoms with van der Waals surface area (Å²) in [5.74, 6) is 0.590. The Morgan fingerprint density at radius 1 is 1.42 bits per heavy atom. The molecule has 1 aromatic rings. The third-order valence-electron chi connectivity index (χ3n) is 2.47. The lowest BCUT2D eigenvalue weighted by Gasteiger charge is -2.12. The first-order valence-electron chi connectivity index (χ1n) is 4.14. The van der Waals surface area contributed by atoms with E-state index in [9.17, 15) is 0 Å². The Balaban J connectivity index is 2.24. The molecule has 3 heteroatoms. The van der Waals surface area contributed by atoms with E-state index in [4.69, 9.17) is 11.6 Å². The van der Waals surface area contributed by atoms with Gasteiger partial charge in [-0.15, -0.1) is 11.6 Å². The molecule has 0 aliphatic heterocycles. The second kappa shape index (κ2) is 3.69. The summed E-state index contributed by atoms with van der Waals surface area (Å²) in [7, 11) is 0. The second-order valence-electron chi connectivity index (χ2n) is 3.23. The molecule has 0 spiro atoms. The highest BCUT2D eigenvalue weighted by Gasteiger charge is 2.28. The van der Waals surface area contributed by atoms with Gasteiger partial charge in [0, 0.05) is 21.1 Å². The number of rotatable bonds is 1. The lowest BCUT2D eigenvalue weighted by molar-refractivity contribution is 0.730. The summed E-state index contributed by atoms with van der Waals surface area (Å²) in [6, 6.07) is 0. The largest absolute Gasteiger partial charge is 0.151 e. The molecule has 0 saturated heterocycles. The van der Waals surface area contributed by atoms with Crippen LogP contribution in [0.15, 0.2) is 15.2 Å². The monoisotopic (exact) mass is 264 g/mol. The topological polar surface area (TPSA) is 0 Å². The molecule has 2 unspecified atom stereocenters. The predicted octanol–water partition coefficient (Wildman–Crippen LogP) is 4.39. The van der Waals surface area contributed by atoms with Crippen LogP contribution in [0.3, 0.4) is 0 Å². The maximum atomic E-state index is 6.23. The highest BCUT2D eigenvalue weighted by atomic mass is 79.9. The summed E-state index contributed by atoms with van der Waals surface area (Å²) in [5.41, 5.74) is 1.41. The Bertz CT molecular complexity index is 271. The minimum atomic E-state index is 0.357. The molecule has 0 amide bonds. The van der Waals surface area contributed by atoms with Gasteiger partial charge in [0.1, 0.15) is 0 Å². The van der Waals surface area contributed by atoms with Crippen molar-refractivity contribution in [3.05, 3.63) is 20.8 Å². The summed E-state index contributed by atoms with van der Waals surface area (Å²) in [6.45, 7) is 0. The van der Waals surface area contributed by atoms with Crippen LogP contribution < -0.4 is 0 Å². The highest BCUT2D eigenvalue weighted by Crippen LogP contribution is 2.42. The lowest BCUT2D eigenvalue weighted by atomic mass is 10.0. The Kier molecular flexibility index (Phi) is 2.78. The molecule has 1 fully saturated rings. The van der Waals surface area contributed by atoms with Gasteiger partial charge in [0.05, 0.1) is 0 Å². The lowest BCUT2D eigenvalue weighted by Crippen LogP contribution is -2.03. The molecule has 1 aliphatic rings. The molecule has 0 radical (unpaired) electrons. The SMILES string of the molecule is ClC1CCCC1c1cscc1Br. The first kappa shape index (κ1) is 9.04. The maximum absolute atomic E-state index is 6.23. The van der Waals surface area contributed by atoms with E-state index < -0.39 is 0 Å². The van der Waals surface area contributed by atoms with Crippen LogP contribution in [0.1, 0.15) is 30.7 Å². The van der Waals surface area contributed by atoms with E-state index in [0.717, 1.165) is 0 Å². The van der Waals surface area contributed by atoms with Crippen molar-refractivity contribution in [3.63, 3.8) is 0 Å². The Morgan fingerprint density at radius 2 is 2.25 bits per heavy atom. The van der Waals surface area contributed by atoms with Crippen molar-refractivity contribution in [2.45, 2.75) is 30.6 Å². The van der Waals surface area contributed by atoms with Crippen molar-refractivity contribution in [2.24, 2.45) is 0 Å². The predicted molar refractivity (Wildman–Crippen MR) is 58.3 cm³/mol. The van der Waals surface area contributed by atoms with Crippen LogP contribution in [-0.2, 0) is 0 Å². The van der Waals surface area contributed by atoms with Gasteiger partial charge in [0.25, 0.3) is 0 Å². The van der Waals surface area contributed by atoms with Crippen LogP contribution in [0.2, 0.25) is 0 Å². The fourth-order valence-electron chi connectivity index (χ4n) is 1.82. The molecule has 1 aliphatic carbocycles. The fourth-order valence-corrected chi connectivity index (χ4v) is 3.89. The maximum Gasteiger partial charge on any atom is 0.0405 e. The third-order valence-corrected chi connectivity index (χ3v) is 4.75. The molecular formula is C9H10BrClS. The van der Waals surface area contributed by atoms with Crippen molar-refractivity contribution in [2.75, 3.05) is 0 Å². The van der Waals surface area contributed by atoms with Gasteiger partial charge in [-0.2, -0.15) is 11.3 Å². The van der Waals surface area contributed by atoms with Crippen LogP contribution in [-0.4, -0.2) is 5.38 Å². The van der Waals surface area contributed by atoms with Crippen molar-refractivity contribution >= 4 is 38.9 Å². The van der Waals surface area contributed by atoms with Crippen molar-refractivity contribution < 1.29 is 0 Å². The number of hydrogen-bond donors (Lipinski definition) is 0. The average Bonchev–Trinajstić information content (AvgIpc) is 2.59. The first-order chi connectivity index (χ1) is 5.79. The van der Waals surface area contributed by atoms with Gasteiger partial charge in [-0.05, 0) is 39.7 Å². The molecule has 2 atom stereocenters. The van der Waals surface area contributed by atoms with Crippen LogP contribution in [0.5, 0.6) is 0 Å². The third kappa shape index (κ3) is 1.57. The normalized spacial score (nSPS) is 29.5. The van der Waals surface area contributed by atoms with E-state index in [1.165, 1.54) is 29.3 Å². The molecule has 1 saturated carbocycles. The standard InChI is InChI=1S/C9H10BrClS/c10-8-5-12-4-7(8)6-2-1-3-9(6)11/h4-6,9H,1-3H2. The van der Waals surface area contributed by atoms with Crippen LogP contribution in [0, 0.1) is 0 Å². The Labute approximate surface area is 90.1 Å². The minimum absolute atomic E-state index is 0.357. The van der Waals surface area contributed by atoms with E-state index in [2.05, 4.69) is 26.7 Å². The van der Waals surface area contributed by atoms with Gasteiger partial charge in [0.2, 0.25) is 0 Å². The summed E-state index contributed by atoms with van der Waals surface area (Å²) in [4.78, 5) is 0. The number of thiophene rings is 1. The van der Waals surface area contributed by atoms with E-state index in [-0.39, 0.29) is 0 Å².